The zero-order chi connectivity index (χ0) is 11.6. The first-order valence-corrected chi connectivity index (χ1v) is 4.96. The molecular weight excluding hydrogens is 192 g/mol. The second-order valence-electron chi connectivity index (χ2n) is 4.43. The summed E-state index contributed by atoms with van der Waals surface area (Å²) in [7, 11) is 0. The zero-order valence-corrected chi connectivity index (χ0v) is 9.61. The van der Waals surface area contributed by atoms with Crippen LogP contribution < -0.4 is 11.1 Å². The molecule has 0 saturated carbocycles. The molecule has 0 bridgehead atoms. The standard InChI is InChI=1S/C10H18N4O/c1-7(2)14-8(5-6-12-14)13-9(15)10(3,4)11/h5-7H,11H2,1-4H3,(H,13,15). The van der Waals surface area contributed by atoms with Gasteiger partial charge in [0.2, 0.25) is 5.91 Å². The average Bonchev–Trinajstić information content (AvgIpc) is 2.50. The van der Waals surface area contributed by atoms with Gasteiger partial charge in [-0.05, 0) is 27.7 Å². The van der Waals surface area contributed by atoms with Gasteiger partial charge in [-0.2, -0.15) is 5.10 Å². The van der Waals surface area contributed by atoms with Gasteiger partial charge in [0.1, 0.15) is 5.82 Å². The Balaban J connectivity index is 2.82. The molecule has 15 heavy (non-hydrogen) atoms. The molecule has 0 aliphatic carbocycles. The van der Waals surface area contributed by atoms with Gasteiger partial charge in [0.25, 0.3) is 0 Å². The molecule has 0 radical (unpaired) electrons. The molecule has 1 aromatic rings. The lowest BCUT2D eigenvalue weighted by atomic mass is 10.1. The summed E-state index contributed by atoms with van der Waals surface area (Å²) in [5.74, 6) is 0.457. The van der Waals surface area contributed by atoms with Crippen molar-refractivity contribution in [3.05, 3.63) is 12.3 Å². The van der Waals surface area contributed by atoms with Crippen LogP contribution in [0.4, 0.5) is 5.82 Å². The molecule has 1 rings (SSSR count). The number of rotatable bonds is 3. The highest BCUT2D eigenvalue weighted by atomic mass is 16.2. The summed E-state index contributed by atoms with van der Waals surface area (Å²) < 4.78 is 1.74. The van der Waals surface area contributed by atoms with E-state index in [2.05, 4.69) is 10.4 Å². The van der Waals surface area contributed by atoms with Crippen molar-refractivity contribution in [1.29, 1.82) is 0 Å². The van der Waals surface area contributed by atoms with Crippen molar-refractivity contribution in [1.82, 2.24) is 9.78 Å². The van der Waals surface area contributed by atoms with E-state index in [1.807, 2.05) is 13.8 Å². The zero-order valence-electron chi connectivity index (χ0n) is 9.61. The number of anilines is 1. The van der Waals surface area contributed by atoms with Gasteiger partial charge in [0.05, 0.1) is 11.7 Å². The van der Waals surface area contributed by atoms with Crippen LogP contribution in [0.1, 0.15) is 33.7 Å². The average molecular weight is 210 g/mol. The van der Waals surface area contributed by atoms with Gasteiger partial charge in [-0.1, -0.05) is 0 Å². The van der Waals surface area contributed by atoms with Gasteiger partial charge >= 0.3 is 0 Å². The van der Waals surface area contributed by atoms with Crippen LogP contribution in [0.2, 0.25) is 0 Å². The Morgan fingerprint density at radius 2 is 2.20 bits per heavy atom. The quantitative estimate of drug-likeness (QED) is 0.785. The van der Waals surface area contributed by atoms with E-state index in [-0.39, 0.29) is 11.9 Å². The van der Waals surface area contributed by atoms with Crippen molar-refractivity contribution in [3.63, 3.8) is 0 Å². The lowest BCUT2D eigenvalue weighted by Gasteiger charge is -2.19. The van der Waals surface area contributed by atoms with Crippen LogP contribution in [0.25, 0.3) is 0 Å². The third-order valence-corrected chi connectivity index (χ3v) is 1.99. The minimum atomic E-state index is -0.883. The first-order valence-electron chi connectivity index (χ1n) is 4.96. The molecular formula is C10H18N4O. The number of nitrogens with one attached hydrogen (secondary N) is 1. The number of nitrogens with zero attached hydrogens (tertiary/aromatic N) is 2. The molecule has 0 saturated heterocycles. The molecule has 1 amide bonds. The number of hydrogen-bond donors (Lipinski definition) is 2. The Kier molecular flexibility index (Phi) is 3.14. The van der Waals surface area contributed by atoms with Crippen LogP contribution in [-0.2, 0) is 4.79 Å². The lowest BCUT2D eigenvalue weighted by molar-refractivity contribution is -0.120. The van der Waals surface area contributed by atoms with Crippen molar-refractivity contribution in [2.24, 2.45) is 5.73 Å². The Morgan fingerprint density at radius 1 is 1.60 bits per heavy atom. The van der Waals surface area contributed by atoms with E-state index in [1.54, 1.807) is 30.8 Å². The molecule has 3 N–H and O–H groups in total. The first-order chi connectivity index (χ1) is 6.82. The maximum atomic E-state index is 11.6. The number of nitrogens with two attached hydrogens (primary N) is 1. The van der Waals surface area contributed by atoms with Crippen LogP contribution in [-0.4, -0.2) is 21.2 Å². The molecule has 5 nitrogen and oxygen atoms in total. The molecule has 1 aromatic heterocycles. The second-order valence-corrected chi connectivity index (χ2v) is 4.43. The third kappa shape index (κ3) is 2.79. The summed E-state index contributed by atoms with van der Waals surface area (Å²) in [4.78, 5) is 11.6. The molecule has 0 aromatic carbocycles. The predicted molar refractivity (Wildman–Crippen MR) is 59.5 cm³/mol. The number of amides is 1. The molecule has 5 heteroatoms. The fourth-order valence-electron chi connectivity index (χ4n) is 1.10. The Bertz CT molecular complexity index is 349. The molecule has 0 aliphatic rings. The van der Waals surface area contributed by atoms with E-state index in [9.17, 15) is 4.79 Å². The molecule has 0 atom stereocenters. The summed E-state index contributed by atoms with van der Waals surface area (Å²) in [5.41, 5.74) is 4.80. The van der Waals surface area contributed by atoms with E-state index in [1.165, 1.54) is 0 Å². The molecule has 0 aliphatic heterocycles. The van der Waals surface area contributed by atoms with Gasteiger partial charge in [-0.3, -0.25) is 4.79 Å². The molecule has 1 heterocycles. The van der Waals surface area contributed by atoms with Crippen molar-refractivity contribution >= 4 is 11.7 Å². The van der Waals surface area contributed by atoms with Gasteiger partial charge in [-0.25, -0.2) is 4.68 Å². The van der Waals surface area contributed by atoms with Crippen molar-refractivity contribution in [2.75, 3.05) is 5.32 Å². The van der Waals surface area contributed by atoms with E-state index in [4.69, 9.17) is 5.73 Å². The summed E-state index contributed by atoms with van der Waals surface area (Å²) in [6.07, 6.45) is 1.65. The third-order valence-electron chi connectivity index (χ3n) is 1.99. The molecule has 0 spiro atoms. The topological polar surface area (TPSA) is 72.9 Å². The van der Waals surface area contributed by atoms with Gasteiger partial charge in [-0.15, -0.1) is 0 Å². The van der Waals surface area contributed by atoms with Crippen LogP contribution in [0, 0.1) is 0 Å². The van der Waals surface area contributed by atoms with E-state index in [0.29, 0.717) is 5.82 Å². The fourth-order valence-corrected chi connectivity index (χ4v) is 1.10. The summed E-state index contributed by atoms with van der Waals surface area (Å²) in [6, 6.07) is 1.96. The van der Waals surface area contributed by atoms with Crippen LogP contribution in [0.15, 0.2) is 12.3 Å². The number of carbonyl (C=O) groups is 1. The van der Waals surface area contributed by atoms with Gasteiger partial charge in [0, 0.05) is 12.1 Å². The largest absolute Gasteiger partial charge is 0.318 e. The molecule has 84 valence electrons. The molecule has 0 unspecified atom stereocenters. The Labute approximate surface area is 89.6 Å². The Hall–Kier alpha value is -1.36. The summed E-state index contributed by atoms with van der Waals surface area (Å²) in [5, 5.41) is 6.86. The number of hydrogen-bond acceptors (Lipinski definition) is 3. The highest BCUT2D eigenvalue weighted by Gasteiger charge is 2.23. The molecule has 0 fully saturated rings. The fraction of sp³-hybridized carbons (Fsp3) is 0.600. The highest BCUT2D eigenvalue weighted by molar-refractivity contribution is 5.96. The van der Waals surface area contributed by atoms with Crippen molar-refractivity contribution < 1.29 is 4.79 Å². The van der Waals surface area contributed by atoms with E-state index in [0.717, 1.165) is 0 Å². The Morgan fingerprint density at radius 3 is 2.67 bits per heavy atom. The first kappa shape index (κ1) is 11.7. The van der Waals surface area contributed by atoms with E-state index >= 15 is 0 Å². The predicted octanol–water partition coefficient (Wildman–Crippen LogP) is 1.14. The van der Waals surface area contributed by atoms with Gasteiger partial charge in [0.15, 0.2) is 0 Å². The second kappa shape index (κ2) is 4.02. The summed E-state index contributed by atoms with van der Waals surface area (Å²) in [6.45, 7) is 7.32. The normalized spacial score (nSPS) is 11.9. The monoisotopic (exact) mass is 210 g/mol. The van der Waals surface area contributed by atoms with E-state index < -0.39 is 5.54 Å². The van der Waals surface area contributed by atoms with Crippen LogP contribution in [0.5, 0.6) is 0 Å². The van der Waals surface area contributed by atoms with Crippen LogP contribution in [0.3, 0.4) is 0 Å². The lowest BCUT2D eigenvalue weighted by Crippen LogP contribution is -2.45. The smallest absolute Gasteiger partial charge is 0.245 e. The summed E-state index contributed by atoms with van der Waals surface area (Å²) >= 11 is 0. The van der Waals surface area contributed by atoms with Crippen molar-refractivity contribution in [3.8, 4) is 0 Å². The maximum absolute atomic E-state index is 11.6. The van der Waals surface area contributed by atoms with Crippen LogP contribution >= 0.6 is 0 Å². The van der Waals surface area contributed by atoms with Crippen molar-refractivity contribution in [2.45, 2.75) is 39.3 Å². The number of aromatic nitrogens is 2. The minimum absolute atomic E-state index is 0.205. The number of carbonyl (C=O) groups excluding carboxylic acids is 1. The maximum Gasteiger partial charge on any atom is 0.245 e. The highest BCUT2D eigenvalue weighted by Crippen LogP contribution is 2.14. The van der Waals surface area contributed by atoms with Gasteiger partial charge < -0.3 is 11.1 Å². The SMILES string of the molecule is CC(C)n1nccc1NC(=O)C(C)(C)N. The minimum Gasteiger partial charge on any atom is -0.318 e.